The molecular formula is C16H12N2S. The number of pyridine rings is 1. The first-order valence-corrected chi connectivity index (χ1v) is 6.81. The molecular weight excluding hydrogens is 252 g/mol. The number of fused-ring (bicyclic) bond motifs is 1. The van der Waals surface area contributed by atoms with Crippen LogP contribution < -0.4 is 10.7 Å². The molecule has 0 N–H and O–H groups in total. The molecule has 1 aliphatic heterocycles. The van der Waals surface area contributed by atoms with Gasteiger partial charge >= 0.3 is 0 Å². The Bertz CT molecular complexity index is 775. The summed E-state index contributed by atoms with van der Waals surface area (Å²) < 4.78 is 0. The minimum atomic E-state index is 0.644. The normalized spacial score (nSPS) is 19.2. The maximum Gasteiger partial charge on any atom is 0.0892 e. The van der Waals surface area contributed by atoms with Crippen LogP contribution in [0, 0.1) is 0 Å². The highest BCUT2D eigenvalue weighted by Gasteiger charge is 2.07. The molecule has 3 rings (SSSR count). The van der Waals surface area contributed by atoms with Crippen LogP contribution >= 0.6 is 11.8 Å². The van der Waals surface area contributed by atoms with Crippen LogP contribution in [0.3, 0.4) is 0 Å². The Morgan fingerprint density at radius 1 is 1.37 bits per heavy atom. The van der Waals surface area contributed by atoms with E-state index in [-0.39, 0.29) is 0 Å². The second-order valence-corrected chi connectivity index (χ2v) is 5.33. The van der Waals surface area contributed by atoms with Crippen LogP contribution in [0.5, 0.6) is 0 Å². The molecule has 0 fully saturated rings. The van der Waals surface area contributed by atoms with Gasteiger partial charge in [0.25, 0.3) is 0 Å². The smallest absolute Gasteiger partial charge is 0.0892 e. The van der Waals surface area contributed by atoms with Crippen LogP contribution in [-0.4, -0.2) is 11.5 Å². The quantitative estimate of drug-likeness (QED) is 0.672. The number of thioether (sulfide) groups is 1. The first-order chi connectivity index (χ1) is 9.33. The summed E-state index contributed by atoms with van der Waals surface area (Å²) in [6.45, 7) is 4.73. The van der Waals surface area contributed by atoms with Crippen LogP contribution in [-0.2, 0) is 0 Å². The second-order valence-electron chi connectivity index (χ2n) is 4.16. The fourth-order valence-electron chi connectivity index (χ4n) is 1.89. The average molecular weight is 264 g/mol. The molecule has 0 amide bonds. The highest BCUT2D eigenvalue weighted by atomic mass is 32.2. The Morgan fingerprint density at radius 3 is 3.26 bits per heavy atom. The Labute approximate surface area is 116 Å². The summed E-state index contributed by atoms with van der Waals surface area (Å²) in [6.07, 6.45) is 11.7. The van der Waals surface area contributed by atoms with Crippen molar-refractivity contribution < 1.29 is 0 Å². The number of nitrogens with zero attached hydrogens (tertiary/aromatic N) is 2. The first-order valence-electron chi connectivity index (χ1n) is 5.99. The van der Waals surface area contributed by atoms with Crippen molar-refractivity contribution in [2.75, 3.05) is 6.54 Å². The Balaban J connectivity index is 2.18. The Hall–Kier alpha value is -2.09. The van der Waals surface area contributed by atoms with Gasteiger partial charge in [-0.15, -0.1) is 5.73 Å². The van der Waals surface area contributed by atoms with Crippen molar-refractivity contribution >= 4 is 17.8 Å². The molecule has 92 valence electrons. The van der Waals surface area contributed by atoms with E-state index >= 15 is 0 Å². The molecule has 1 aliphatic carbocycles. The average Bonchev–Trinajstić information content (AvgIpc) is 2.59. The van der Waals surface area contributed by atoms with Crippen molar-refractivity contribution in [3.8, 4) is 0 Å². The molecule has 19 heavy (non-hydrogen) atoms. The summed E-state index contributed by atoms with van der Waals surface area (Å²) in [4.78, 5) is 11.1. The SMILES string of the molecule is C=C1/C=c2/ncccc2=NCC2=C(C=C=CC=C2)S1. The molecule has 0 saturated heterocycles. The fraction of sp³-hybridized carbons (Fsp3) is 0.0625. The molecule has 0 atom stereocenters. The molecule has 2 nitrogen and oxygen atoms in total. The van der Waals surface area contributed by atoms with Gasteiger partial charge in [0, 0.05) is 16.0 Å². The number of rotatable bonds is 0. The van der Waals surface area contributed by atoms with Gasteiger partial charge in [-0.3, -0.25) is 9.98 Å². The van der Waals surface area contributed by atoms with Gasteiger partial charge in [0.05, 0.1) is 17.3 Å². The van der Waals surface area contributed by atoms with Gasteiger partial charge in [-0.1, -0.05) is 30.5 Å². The zero-order valence-electron chi connectivity index (χ0n) is 10.3. The lowest BCUT2D eigenvalue weighted by molar-refractivity contribution is 1.06. The third-order valence-electron chi connectivity index (χ3n) is 2.80. The Kier molecular flexibility index (Phi) is 3.32. The molecule has 2 heterocycles. The van der Waals surface area contributed by atoms with Crippen LogP contribution in [0.1, 0.15) is 0 Å². The van der Waals surface area contributed by atoms with E-state index in [1.54, 1.807) is 18.0 Å². The van der Waals surface area contributed by atoms with Crippen molar-refractivity contribution in [2.24, 2.45) is 4.99 Å². The second kappa shape index (κ2) is 5.27. The lowest BCUT2D eigenvalue weighted by atomic mass is 10.2. The van der Waals surface area contributed by atoms with E-state index in [1.807, 2.05) is 36.4 Å². The van der Waals surface area contributed by atoms with Gasteiger partial charge in [-0.2, -0.15) is 0 Å². The third-order valence-corrected chi connectivity index (χ3v) is 3.78. The van der Waals surface area contributed by atoms with E-state index in [1.165, 1.54) is 5.57 Å². The summed E-state index contributed by atoms with van der Waals surface area (Å²) >= 11 is 1.64. The number of hydrogen-bond donors (Lipinski definition) is 0. The van der Waals surface area contributed by atoms with Crippen molar-refractivity contribution in [3.63, 3.8) is 0 Å². The van der Waals surface area contributed by atoms with Crippen molar-refractivity contribution in [2.45, 2.75) is 0 Å². The summed E-state index contributed by atoms with van der Waals surface area (Å²) in [5, 5.41) is 1.79. The van der Waals surface area contributed by atoms with E-state index in [9.17, 15) is 0 Å². The van der Waals surface area contributed by atoms with E-state index < -0.39 is 0 Å². The summed E-state index contributed by atoms with van der Waals surface area (Å²) in [7, 11) is 0. The highest BCUT2D eigenvalue weighted by Crippen LogP contribution is 2.30. The Morgan fingerprint density at radius 2 is 2.32 bits per heavy atom. The molecule has 0 aromatic carbocycles. The van der Waals surface area contributed by atoms with Gasteiger partial charge in [0.15, 0.2) is 0 Å². The number of hydrogen-bond acceptors (Lipinski definition) is 3. The molecule has 0 radical (unpaired) electrons. The van der Waals surface area contributed by atoms with Gasteiger partial charge in [-0.25, -0.2) is 0 Å². The first kappa shape index (κ1) is 12.0. The van der Waals surface area contributed by atoms with Gasteiger partial charge in [0.1, 0.15) is 0 Å². The molecule has 0 unspecified atom stereocenters. The topological polar surface area (TPSA) is 25.2 Å². The molecule has 2 aliphatic rings. The molecule has 1 aromatic rings. The minimum absolute atomic E-state index is 0.644. The van der Waals surface area contributed by atoms with Gasteiger partial charge < -0.3 is 0 Å². The maximum absolute atomic E-state index is 4.65. The predicted octanol–water partition coefficient (Wildman–Crippen LogP) is 2.28. The predicted molar refractivity (Wildman–Crippen MR) is 79.9 cm³/mol. The summed E-state index contributed by atoms with van der Waals surface area (Å²) in [6, 6.07) is 3.89. The minimum Gasteiger partial charge on any atom is -0.278 e. The van der Waals surface area contributed by atoms with E-state index in [0.717, 1.165) is 20.5 Å². The number of allylic oxidation sites excluding steroid dienone is 3. The molecule has 1 aromatic heterocycles. The van der Waals surface area contributed by atoms with E-state index in [2.05, 4.69) is 28.4 Å². The molecule has 0 bridgehead atoms. The lowest BCUT2D eigenvalue weighted by Gasteiger charge is -2.04. The molecule has 0 saturated carbocycles. The molecule has 0 spiro atoms. The van der Waals surface area contributed by atoms with Crippen LogP contribution in [0.25, 0.3) is 6.08 Å². The standard InChI is InChI=1S/C16H12N2S/c1-12-10-15-14(7-5-9-17-15)18-11-13-6-3-2-4-8-16(13)19-12/h2-3,5-10H,1,11H2/b15-10+,18-14?. The lowest BCUT2D eigenvalue weighted by Crippen LogP contribution is -2.28. The third kappa shape index (κ3) is 2.68. The van der Waals surface area contributed by atoms with Crippen LogP contribution in [0.4, 0.5) is 0 Å². The van der Waals surface area contributed by atoms with Crippen LogP contribution in [0.2, 0.25) is 0 Å². The number of aromatic nitrogens is 1. The zero-order valence-corrected chi connectivity index (χ0v) is 11.2. The van der Waals surface area contributed by atoms with Crippen molar-refractivity contribution in [3.05, 3.63) is 81.0 Å². The summed E-state index contributed by atoms with van der Waals surface area (Å²) in [5.74, 6) is 0. The van der Waals surface area contributed by atoms with Crippen molar-refractivity contribution in [1.82, 2.24) is 4.98 Å². The zero-order chi connectivity index (χ0) is 13.1. The largest absolute Gasteiger partial charge is 0.278 e. The van der Waals surface area contributed by atoms with Crippen molar-refractivity contribution in [1.29, 1.82) is 0 Å². The van der Waals surface area contributed by atoms with E-state index in [4.69, 9.17) is 0 Å². The van der Waals surface area contributed by atoms with Gasteiger partial charge in [0.2, 0.25) is 0 Å². The van der Waals surface area contributed by atoms with E-state index in [0.29, 0.717) is 6.54 Å². The molecule has 3 heteroatoms. The highest BCUT2D eigenvalue weighted by molar-refractivity contribution is 8.07. The fourth-order valence-corrected chi connectivity index (χ4v) is 2.74. The monoisotopic (exact) mass is 264 g/mol. The maximum atomic E-state index is 4.65. The van der Waals surface area contributed by atoms with Crippen LogP contribution in [0.15, 0.2) is 75.3 Å². The van der Waals surface area contributed by atoms with Gasteiger partial charge in [-0.05, 0) is 35.9 Å². The summed E-state index contributed by atoms with van der Waals surface area (Å²) in [5.41, 5.74) is 4.31.